The van der Waals surface area contributed by atoms with E-state index in [9.17, 15) is 0 Å². The molecule has 0 spiro atoms. The molecule has 0 amide bonds. The van der Waals surface area contributed by atoms with Gasteiger partial charge in [0.25, 0.3) is 0 Å². The normalized spacial score (nSPS) is 13.2. The minimum absolute atomic E-state index is 0.198. The van der Waals surface area contributed by atoms with Gasteiger partial charge in [-0.05, 0) is 33.9 Å². The highest BCUT2D eigenvalue weighted by Crippen LogP contribution is 2.20. The van der Waals surface area contributed by atoms with Gasteiger partial charge in [-0.2, -0.15) is 5.10 Å². The lowest BCUT2D eigenvalue weighted by atomic mass is 10.1. The molecule has 1 N–H and O–H groups in total. The molecule has 0 fully saturated rings. The Morgan fingerprint density at radius 3 is 2.78 bits per heavy atom. The smallest absolute Gasteiger partial charge is 0.138 e. The van der Waals surface area contributed by atoms with E-state index >= 15 is 0 Å². The van der Waals surface area contributed by atoms with Crippen molar-refractivity contribution >= 4 is 0 Å². The van der Waals surface area contributed by atoms with Crippen LogP contribution in [-0.2, 0) is 6.42 Å². The van der Waals surface area contributed by atoms with Gasteiger partial charge in [0.15, 0.2) is 0 Å². The number of likely N-dealkylation sites (N-methyl/N-ethyl adjacent to an activating group) is 1. The molecule has 0 aliphatic carbocycles. The second kappa shape index (κ2) is 5.35. The first-order valence-corrected chi connectivity index (χ1v) is 6.22. The first kappa shape index (κ1) is 12.8. The van der Waals surface area contributed by atoms with Crippen molar-refractivity contribution in [3.05, 3.63) is 35.8 Å². The molecular formula is C13H20N4O. The van der Waals surface area contributed by atoms with E-state index in [1.54, 1.807) is 12.6 Å². The van der Waals surface area contributed by atoms with E-state index in [4.69, 9.17) is 4.42 Å². The van der Waals surface area contributed by atoms with Gasteiger partial charge in [-0.3, -0.25) is 0 Å². The molecule has 2 aromatic rings. The summed E-state index contributed by atoms with van der Waals surface area (Å²) in [4.78, 5) is 4.34. The van der Waals surface area contributed by atoms with Crippen molar-refractivity contribution < 1.29 is 4.42 Å². The van der Waals surface area contributed by atoms with Crippen molar-refractivity contribution in [3.63, 3.8) is 0 Å². The van der Waals surface area contributed by atoms with Gasteiger partial charge in [-0.15, -0.1) is 0 Å². The van der Waals surface area contributed by atoms with Crippen LogP contribution in [0.3, 0.4) is 0 Å². The molecule has 98 valence electrons. The highest BCUT2D eigenvalue weighted by Gasteiger charge is 2.17. The van der Waals surface area contributed by atoms with E-state index in [0.717, 1.165) is 23.6 Å². The zero-order valence-electron chi connectivity index (χ0n) is 11.3. The van der Waals surface area contributed by atoms with Crippen molar-refractivity contribution in [2.24, 2.45) is 0 Å². The Labute approximate surface area is 107 Å². The lowest BCUT2D eigenvalue weighted by molar-refractivity contribution is 0.474. The highest BCUT2D eigenvalue weighted by molar-refractivity contribution is 5.17. The largest absolute Gasteiger partial charge is 0.469 e. The number of aromatic nitrogens is 3. The molecule has 0 saturated carbocycles. The predicted molar refractivity (Wildman–Crippen MR) is 69.4 cm³/mol. The molecule has 2 heterocycles. The Bertz CT molecular complexity index is 501. The minimum Gasteiger partial charge on any atom is -0.469 e. The monoisotopic (exact) mass is 248 g/mol. The number of nitrogens with zero attached hydrogens (tertiary/aromatic N) is 3. The molecule has 5 heteroatoms. The number of rotatable bonds is 5. The molecule has 0 aliphatic heterocycles. The molecule has 0 bridgehead atoms. The van der Waals surface area contributed by atoms with Gasteiger partial charge in [-0.1, -0.05) is 0 Å². The summed E-state index contributed by atoms with van der Waals surface area (Å²) in [5.74, 6) is 1.92. The lowest BCUT2D eigenvalue weighted by Crippen LogP contribution is -2.21. The molecule has 2 rings (SSSR count). The van der Waals surface area contributed by atoms with Crippen molar-refractivity contribution in [1.82, 2.24) is 20.1 Å². The van der Waals surface area contributed by atoms with Crippen LogP contribution in [0.5, 0.6) is 0 Å². The molecule has 5 nitrogen and oxygen atoms in total. The average Bonchev–Trinajstić information content (AvgIpc) is 2.94. The topological polar surface area (TPSA) is 55.9 Å². The Balaban J connectivity index is 2.18. The van der Waals surface area contributed by atoms with Gasteiger partial charge < -0.3 is 9.73 Å². The third-order valence-corrected chi connectivity index (χ3v) is 3.02. The molecular weight excluding hydrogens is 228 g/mol. The number of nitrogens with one attached hydrogen (secondary N) is 1. The minimum atomic E-state index is 0.198. The first-order valence-electron chi connectivity index (χ1n) is 6.22. The summed E-state index contributed by atoms with van der Waals surface area (Å²) in [7, 11) is 1.95. The average molecular weight is 248 g/mol. The fourth-order valence-electron chi connectivity index (χ4n) is 2.07. The Morgan fingerprint density at radius 1 is 1.44 bits per heavy atom. The quantitative estimate of drug-likeness (QED) is 0.881. The fraction of sp³-hybridized carbons (Fsp3) is 0.538. The van der Waals surface area contributed by atoms with Crippen molar-refractivity contribution in [2.45, 2.75) is 39.3 Å². The number of furan rings is 1. The van der Waals surface area contributed by atoms with Gasteiger partial charge in [-0.25, -0.2) is 9.67 Å². The Hall–Kier alpha value is -1.62. The molecule has 0 radical (unpaired) electrons. The molecule has 2 aromatic heterocycles. The van der Waals surface area contributed by atoms with Gasteiger partial charge >= 0.3 is 0 Å². The summed E-state index contributed by atoms with van der Waals surface area (Å²) in [5, 5.41) is 7.55. The van der Waals surface area contributed by atoms with Crippen molar-refractivity contribution in [3.8, 4) is 0 Å². The van der Waals surface area contributed by atoms with Crippen LogP contribution in [0.15, 0.2) is 23.1 Å². The maximum Gasteiger partial charge on any atom is 0.138 e. The third kappa shape index (κ3) is 2.61. The summed E-state index contributed by atoms with van der Waals surface area (Å²) < 4.78 is 7.32. The molecule has 1 atom stereocenters. The van der Waals surface area contributed by atoms with Gasteiger partial charge in [0, 0.05) is 24.1 Å². The van der Waals surface area contributed by atoms with Crippen LogP contribution in [0.4, 0.5) is 0 Å². The van der Waals surface area contributed by atoms with Crippen LogP contribution in [0.1, 0.15) is 43.1 Å². The fourth-order valence-corrected chi connectivity index (χ4v) is 2.07. The standard InChI is InChI=1S/C13H20N4O/c1-9(2)17-13(15-8-16-17)6-12(14-4)11-5-10(3)18-7-11/h5,7-9,12,14H,6H2,1-4H3. The van der Waals surface area contributed by atoms with Gasteiger partial charge in [0.05, 0.1) is 6.26 Å². The van der Waals surface area contributed by atoms with E-state index in [2.05, 4.69) is 35.3 Å². The zero-order valence-corrected chi connectivity index (χ0v) is 11.3. The van der Waals surface area contributed by atoms with Crippen LogP contribution in [0.25, 0.3) is 0 Å². The summed E-state index contributed by atoms with van der Waals surface area (Å²) in [5.41, 5.74) is 1.15. The number of aryl methyl sites for hydroxylation is 1. The second-order valence-corrected chi connectivity index (χ2v) is 4.75. The van der Waals surface area contributed by atoms with Crippen LogP contribution in [0.2, 0.25) is 0 Å². The SMILES string of the molecule is CNC(Cc1ncnn1C(C)C)c1coc(C)c1. The zero-order chi connectivity index (χ0) is 13.1. The van der Waals surface area contributed by atoms with Crippen molar-refractivity contribution in [2.75, 3.05) is 7.05 Å². The Morgan fingerprint density at radius 2 is 2.22 bits per heavy atom. The van der Waals surface area contributed by atoms with Crippen LogP contribution in [-0.4, -0.2) is 21.8 Å². The Kier molecular flexibility index (Phi) is 3.81. The lowest BCUT2D eigenvalue weighted by Gasteiger charge is -2.15. The summed E-state index contributed by atoms with van der Waals surface area (Å²) in [6, 6.07) is 2.58. The maximum absolute atomic E-state index is 5.36. The summed E-state index contributed by atoms with van der Waals surface area (Å²) >= 11 is 0. The summed E-state index contributed by atoms with van der Waals surface area (Å²) in [6.07, 6.45) is 4.21. The van der Waals surface area contributed by atoms with E-state index in [1.165, 1.54) is 0 Å². The third-order valence-electron chi connectivity index (χ3n) is 3.02. The predicted octanol–water partition coefficient (Wildman–Crippen LogP) is 2.26. The molecule has 0 saturated heterocycles. The molecule has 18 heavy (non-hydrogen) atoms. The van der Waals surface area contributed by atoms with E-state index in [-0.39, 0.29) is 6.04 Å². The van der Waals surface area contributed by atoms with E-state index < -0.39 is 0 Å². The molecule has 1 unspecified atom stereocenters. The number of hydrogen-bond acceptors (Lipinski definition) is 4. The van der Waals surface area contributed by atoms with Crippen LogP contribution in [0, 0.1) is 6.92 Å². The second-order valence-electron chi connectivity index (χ2n) is 4.75. The van der Waals surface area contributed by atoms with Gasteiger partial charge in [0.1, 0.15) is 17.9 Å². The van der Waals surface area contributed by atoms with Crippen LogP contribution < -0.4 is 5.32 Å². The maximum atomic E-state index is 5.36. The van der Waals surface area contributed by atoms with Crippen LogP contribution >= 0.6 is 0 Å². The molecule has 0 aliphatic rings. The highest BCUT2D eigenvalue weighted by atomic mass is 16.3. The molecule has 0 aromatic carbocycles. The van der Waals surface area contributed by atoms with Gasteiger partial charge in [0.2, 0.25) is 0 Å². The van der Waals surface area contributed by atoms with Crippen molar-refractivity contribution in [1.29, 1.82) is 0 Å². The summed E-state index contributed by atoms with van der Waals surface area (Å²) in [6.45, 7) is 6.16. The van der Waals surface area contributed by atoms with E-state index in [1.807, 2.05) is 18.7 Å². The first-order chi connectivity index (χ1) is 8.61. The van der Waals surface area contributed by atoms with E-state index in [0.29, 0.717) is 6.04 Å². The number of hydrogen-bond donors (Lipinski definition) is 1.